The summed E-state index contributed by atoms with van der Waals surface area (Å²) in [5.74, 6) is 0. The molecule has 0 radical (unpaired) electrons. The third-order valence-corrected chi connectivity index (χ3v) is 6.82. The summed E-state index contributed by atoms with van der Waals surface area (Å²) in [4.78, 5) is 0. The number of hydrogen-bond acceptors (Lipinski definition) is 5. The molecule has 5 rings (SSSR count). The van der Waals surface area contributed by atoms with Crippen LogP contribution in [-0.2, 0) is 9.47 Å². The maximum absolute atomic E-state index is 6.13. The van der Waals surface area contributed by atoms with Crippen LogP contribution >= 0.6 is 0 Å². The highest BCUT2D eigenvalue weighted by molar-refractivity contribution is 5.40. The molecule has 1 fully saturated rings. The highest BCUT2D eigenvalue weighted by Gasteiger charge is 2.31. The Bertz CT molecular complexity index is 707. The van der Waals surface area contributed by atoms with E-state index < -0.39 is 0 Å². The smallest absolute Gasteiger partial charge is 0.0810 e. The average molecular weight is 398 g/mol. The molecule has 5 heteroatoms. The van der Waals surface area contributed by atoms with Gasteiger partial charge in [-0.1, -0.05) is 30.4 Å². The quantitative estimate of drug-likeness (QED) is 0.334. The second kappa shape index (κ2) is 9.17. The Morgan fingerprint density at radius 2 is 2.17 bits per heavy atom. The van der Waals surface area contributed by atoms with Gasteiger partial charge in [-0.05, 0) is 56.1 Å². The van der Waals surface area contributed by atoms with Gasteiger partial charge in [0.2, 0.25) is 0 Å². The van der Waals surface area contributed by atoms with Crippen LogP contribution in [-0.4, -0.2) is 56.6 Å². The van der Waals surface area contributed by atoms with Crippen molar-refractivity contribution in [3.8, 4) is 0 Å². The standard InChI is InChI=1S/C24H35N3O2/c1-5-21(25-11-1)23-14-18(15-24(27-23)22-6-2-12-26-22)17-7-9-19(10-8-17)28-13-3-4-20-16-29-20/h1,5-7,15,19-21,23-27H,2-4,8-14,16H2. The second-order valence-electron chi connectivity index (χ2n) is 8.98. The van der Waals surface area contributed by atoms with Crippen LogP contribution in [0.3, 0.4) is 0 Å². The Hall–Kier alpha value is -1.40. The fourth-order valence-electron chi connectivity index (χ4n) is 5.06. The van der Waals surface area contributed by atoms with Gasteiger partial charge in [-0.25, -0.2) is 0 Å². The van der Waals surface area contributed by atoms with Gasteiger partial charge in [-0.3, -0.25) is 0 Å². The van der Waals surface area contributed by atoms with Crippen LogP contribution < -0.4 is 16.0 Å². The molecule has 0 amide bonds. The van der Waals surface area contributed by atoms with Crippen molar-refractivity contribution in [2.75, 3.05) is 26.3 Å². The van der Waals surface area contributed by atoms with E-state index >= 15 is 0 Å². The van der Waals surface area contributed by atoms with Gasteiger partial charge in [0.05, 0.1) is 24.9 Å². The molecule has 5 nitrogen and oxygen atoms in total. The van der Waals surface area contributed by atoms with Crippen LogP contribution in [0.15, 0.2) is 47.2 Å². The lowest BCUT2D eigenvalue weighted by Crippen LogP contribution is -2.52. The summed E-state index contributed by atoms with van der Waals surface area (Å²) in [6, 6.07) is 1.18. The zero-order valence-electron chi connectivity index (χ0n) is 17.4. The summed E-state index contributed by atoms with van der Waals surface area (Å²) < 4.78 is 11.4. The molecule has 0 bridgehead atoms. The Balaban J connectivity index is 1.21. The second-order valence-corrected chi connectivity index (χ2v) is 8.98. The molecule has 5 unspecified atom stereocenters. The van der Waals surface area contributed by atoms with Crippen LogP contribution in [0.4, 0.5) is 0 Å². The van der Waals surface area contributed by atoms with Crippen molar-refractivity contribution in [2.45, 2.75) is 75.3 Å². The molecule has 3 N–H and O–H groups in total. The van der Waals surface area contributed by atoms with Crippen LogP contribution in [0.2, 0.25) is 0 Å². The molecule has 4 aliphatic heterocycles. The fourth-order valence-corrected chi connectivity index (χ4v) is 5.06. The zero-order chi connectivity index (χ0) is 19.5. The van der Waals surface area contributed by atoms with Crippen molar-refractivity contribution in [3.05, 3.63) is 47.2 Å². The normalized spacial score (nSPS) is 36.4. The minimum atomic E-state index is 0.307. The van der Waals surface area contributed by atoms with Crippen LogP contribution in [0.25, 0.3) is 0 Å². The van der Waals surface area contributed by atoms with Crippen molar-refractivity contribution < 1.29 is 9.47 Å². The Morgan fingerprint density at radius 3 is 2.90 bits per heavy atom. The summed E-state index contributed by atoms with van der Waals surface area (Å²) in [5, 5.41) is 11.1. The number of epoxide rings is 1. The van der Waals surface area contributed by atoms with Gasteiger partial charge in [0.1, 0.15) is 0 Å². The lowest BCUT2D eigenvalue weighted by Gasteiger charge is -2.36. The summed E-state index contributed by atoms with van der Waals surface area (Å²) in [5.41, 5.74) is 4.44. The Labute approximate surface area is 174 Å². The van der Waals surface area contributed by atoms with E-state index in [-0.39, 0.29) is 0 Å². The predicted octanol–water partition coefficient (Wildman–Crippen LogP) is 2.72. The van der Waals surface area contributed by atoms with Crippen LogP contribution in [0.1, 0.15) is 44.9 Å². The van der Waals surface area contributed by atoms with Crippen molar-refractivity contribution >= 4 is 0 Å². The van der Waals surface area contributed by atoms with Gasteiger partial charge in [-0.15, -0.1) is 0 Å². The molecular weight excluding hydrogens is 362 g/mol. The molecule has 1 aliphatic carbocycles. The number of nitrogens with one attached hydrogen (secondary N) is 3. The summed E-state index contributed by atoms with van der Waals surface area (Å²) in [7, 11) is 0. The highest BCUT2D eigenvalue weighted by Crippen LogP contribution is 2.33. The molecule has 0 aromatic heterocycles. The summed E-state index contributed by atoms with van der Waals surface area (Å²) >= 11 is 0. The van der Waals surface area contributed by atoms with E-state index in [1.165, 1.54) is 5.70 Å². The highest BCUT2D eigenvalue weighted by atomic mass is 16.6. The number of allylic oxidation sites excluding steroid dienone is 1. The first-order valence-corrected chi connectivity index (χ1v) is 11.6. The van der Waals surface area contributed by atoms with Gasteiger partial charge < -0.3 is 25.4 Å². The number of hydrogen-bond donors (Lipinski definition) is 3. The van der Waals surface area contributed by atoms with E-state index in [9.17, 15) is 0 Å². The molecule has 4 heterocycles. The molecule has 0 aromatic carbocycles. The molecule has 5 aliphatic rings. The largest absolute Gasteiger partial charge is 0.387 e. The van der Waals surface area contributed by atoms with E-state index in [2.05, 4.69) is 46.3 Å². The van der Waals surface area contributed by atoms with Gasteiger partial charge >= 0.3 is 0 Å². The van der Waals surface area contributed by atoms with Crippen molar-refractivity contribution in [3.63, 3.8) is 0 Å². The third kappa shape index (κ3) is 5.02. The monoisotopic (exact) mass is 397 g/mol. The van der Waals surface area contributed by atoms with E-state index in [1.807, 2.05) is 0 Å². The molecule has 0 saturated carbocycles. The Kier molecular flexibility index (Phi) is 6.18. The molecule has 0 spiro atoms. The van der Waals surface area contributed by atoms with Gasteiger partial charge in [-0.2, -0.15) is 0 Å². The zero-order valence-corrected chi connectivity index (χ0v) is 17.4. The summed E-state index contributed by atoms with van der Waals surface area (Å²) in [6.45, 7) is 3.89. The first-order valence-electron chi connectivity index (χ1n) is 11.6. The van der Waals surface area contributed by atoms with E-state index in [0.29, 0.717) is 30.3 Å². The first-order chi connectivity index (χ1) is 14.3. The lowest BCUT2D eigenvalue weighted by molar-refractivity contribution is 0.0436. The average Bonchev–Trinajstić information content (AvgIpc) is 3.22. The SMILES string of the molecule is C1=CC(C2CC(C3=CCC(OCCCC4CO4)CC3)=CC(C3=CCCN3)N2)NC1. The van der Waals surface area contributed by atoms with Crippen molar-refractivity contribution in [1.29, 1.82) is 0 Å². The van der Waals surface area contributed by atoms with Gasteiger partial charge in [0.25, 0.3) is 0 Å². The molecule has 29 heavy (non-hydrogen) atoms. The third-order valence-electron chi connectivity index (χ3n) is 6.82. The molecule has 158 valence electrons. The maximum Gasteiger partial charge on any atom is 0.0810 e. The number of ether oxygens (including phenoxy) is 2. The molecular formula is C24H35N3O2. The molecule has 0 aromatic rings. The van der Waals surface area contributed by atoms with Crippen molar-refractivity contribution in [1.82, 2.24) is 16.0 Å². The van der Waals surface area contributed by atoms with Crippen LogP contribution in [0.5, 0.6) is 0 Å². The van der Waals surface area contributed by atoms with E-state index in [0.717, 1.165) is 71.2 Å². The Morgan fingerprint density at radius 1 is 1.21 bits per heavy atom. The van der Waals surface area contributed by atoms with Crippen LogP contribution in [0, 0.1) is 0 Å². The minimum absolute atomic E-state index is 0.307. The minimum Gasteiger partial charge on any atom is -0.387 e. The molecule has 5 atom stereocenters. The lowest BCUT2D eigenvalue weighted by atomic mass is 9.83. The maximum atomic E-state index is 6.13. The predicted molar refractivity (Wildman–Crippen MR) is 116 cm³/mol. The van der Waals surface area contributed by atoms with Gasteiger partial charge in [0.15, 0.2) is 0 Å². The van der Waals surface area contributed by atoms with Crippen molar-refractivity contribution in [2.24, 2.45) is 0 Å². The fraction of sp³-hybridized carbons (Fsp3) is 0.667. The molecule has 1 saturated heterocycles. The van der Waals surface area contributed by atoms with E-state index in [1.54, 1.807) is 11.1 Å². The number of rotatable bonds is 8. The first kappa shape index (κ1) is 19.6. The summed E-state index contributed by atoms with van der Waals surface area (Å²) in [6.07, 6.45) is 20.7. The van der Waals surface area contributed by atoms with Gasteiger partial charge in [0, 0.05) is 37.5 Å². The van der Waals surface area contributed by atoms with E-state index in [4.69, 9.17) is 9.47 Å². The topological polar surface area (TPSA) is 57.9 Å².